The minimum atomic E-state index is 0.0833. The Bertz CT molecular complexity index is 2160. The predicted octanol–water partition coefficient (Wildman–Crippen LogP) is 7.99. The lowest BCUT2D eigenvalue weighted by Crippen LogP contribution is -2.04. The number of nitrogen functional groups attached to an aromatic ring is 1. The SMILES string of the molecule is COc1ccc(CN)cc1.COc1ccc(CNc2cncc(OC3CC3)n2)cc1.Clc1cncc(Cl)n1.Clc1cncc(OC2CC2)n1.Nc1cncc(OC2CC2)n1.OC1CC1. The van der Waals surface area contributed by atoms with Gasteiger partial charge in [0.15, 0.2) is 5.15 Å². The molecule has 64 heavy (non-hydrogen) atoms. The Morgan fingerprint density at radius 1 is 0.547 bits per heavy atom. The molecule has 4 aromatic heterocycles. The molecular weight excluding hydrogens is 885 g/mol. The average molecular weight is 937 g/mol. The van der Waals surface area contributed by atoms with Gasteiger partial charge in [-0.15, -0.1) is 0 Å². The Morgan fingerprint density at radius 2 is 0.953 bits per heavy atom. The van der Waals surface area contributed by atoms with E-state index in [1.54, 1.807) is 39.0 Å². The van der Waals surface area contributed by atoms with Crippen LogP contribution in [-0.4, -0.2) is 83.6 Å². The summed E-state index contributed by atoms with van der Waals surface area (Å²) in [6.07, 6.45) is 22.3. The summed E-state index contributed by atoms with van der Waals surface area (Å²) in [4.78, 5) is 31.4. The Morgan fingerprint density at radius 3 is 1.34 bits per heavy atom. The molecule has 6 N–H and O–H groups in total. The molecule has 6 aromatic rings. The summed E-state index contributed by atoms with van der Waals surface area (Å²) in [5, 5.41) is 12.4. The van der Waals surface area contributed by atoms with Gasteiger partial charge in [-0.2, -0.15) is 15.0 Å². The van der Waals surface area contributed by atoms with Crippen LogP contribution in [0.3, 0.4) is 0 Å². The van der Waals surface area contributed by atoms with Gasteiger partial charge in [-0.05, 0) is 86.8 Å². The number of hydrogen-bond acceptors (Lipinski definition) is 17. The van der Waals surface area contributed by atoms with E-state index in [-0.39, 0.29) is 6.10 Å². The Labute approximate surface area is 387 Å². The molecule has 4 aliphatic rings. The zero-order chi connectivity index (χ0) is 45.5. The fourth-order valence-electron chi connectivity index (χ4n) is 4.45. The summed E-state index contributed by atoms with van der Waals surface area (Å²) in [7, 11) is 3.31. The van der Waals surface area contributed by atoms with Crippen LogP contribution in [0, 0.1) is 0 Å². The van der Waals surface area contributed by atoms with Crippen LogP contribution in [-0.2, 0) is 13.1 Å². The fraction of sp³-hybridized carbons (Fsp3) is 0.364. The van der Waals surface area contributed by atoms with Crippen molar-refractivity contribution in [2.45, 2.75) is 88.9 Å². The molecule has 2 aromatic carbocycles. The van der Waals surface area contributed by atoms with Crippen molar-refractivity contribution in [2.75, 3.05) is 25.3 Å². The van der Waals surface area contributed by atoms with E-state index in [2.05, 4.69) is 45.2 Å². The molecular formula is C44H52Cl3N11O6. The number of nitrogens with zero attached hydrogens (tertiary/aromatic N) is 8. The van der Waals surface area contributed by atoms with Gasteiger partial charge in [0.1, 0.15) is 51.8 Å². The van der Waals surface area contributed by atoms with Crippen LogP contribution in [0.15, 0.2) is 98.1 Å². The number of rotatable bonds is 12. The van der Waals surface area contributed by atoms with E-state index in [0.717, 1.165) is 79.8 Å². The Kier molecular flexibility index (Phi) is 20.5. The van der Waals surface area contributed by atoms with Gasteiger partial charge in [0.2, 0.25) is 17.6 Å². The van der Waals surface area contributed by atoms with Crippen LogP contribution in [0.1, 0.15) is 62.5 Å². The highest BCUT2D eigenvalue weighted by Crippen LogP contribution is 2.27. The molecule has 340 valence electrons. The second kappa shape index (κ2) is 26.7. The second-order valence-corrected chi connectivity index (χ2v) is 15.5. The fourth-order valence-corrected chi connectivity index (χ4v) is 4.93. The van der Waals surface area contributed by atoms with Crippen molar-refractivity contribution in [3.63, 3.8) is 0 Å². The summed E-state index contributed by atoms with van der Waals surface area (Å²) >= 11 is 16.4. The molecule has 0 aliphatic heterocycles. The van der Waals surface area contributed by atoms with Crippen molar-refractivity contribution in [1.82, 2.24) is 39.9 Å². The molecule has 0 unspecified atom stereocenters. The van der Waals surface area contributed by atoms with Crippen LogP contribution >= 0.6 is 34.8 Å². The Balaban J connectivity index is 0.000000153. The Hall–Kier alpha value is -5.85. The lowest BCUT2D eigenvalue weighted by atomic mass is 10.2. The normalized spacial score (nSPS) is 14.2. The maximum Gasteiger partial charge on any atom is 0.234 e. The zero-order valence-electron chi connectivity index (χ0n) is 35.5. The second-order valence-electron chi connectivity index (χ2n) is 14.3. The molecule has 17 nitrogen and oxygen atoms in total. The van der Waals surface area contributed by atoms with Crippen molar-refractivity contribution in [3.8, 4) is 29.1 Å². The molecule has 0 bridgehead atoms. The third-order valence-corrected chi connectivity index (χ3v) is 8.96. The number of methoxy groups -OCH3 is 2. The van der Waals surface area contributed by atoms with Gasteiger partial charge in [0.05, 0.1) is 69.9 Å². The van der Waals surface area contributed by atoms with Gasteiger partial charge < -0.3 is 45.6 Å². The van der Waals surface area contributed by atoms with E-state index < -0.39 is 0 Å². The monoisotopic (exact) mass is 935 g/mol. The highest BCUT2D eigenvalue weighted by Gasteiger charge is 2.25. The molecule has 4 fully saturated rings. The zero-order valence-corrected chi connectivity index (χ0v) is 37.7. The summed E-state index contributed by atoms with van der Waals surface area (Å²) in [5.74, 6) is 4.51. The van der Waals surface area contributed by atoms with Gasteiger partial charge in [-0.1, -0.05) is 59.1 Å². The van der Waals surface area contributed by atoms with Crippen molar-refractivity contribution in [3.05, 3.63) is 125 Å². The maximum atomic E-state index is 8.17. The number of anilines is 2. The number of ether oxygens (including phenoxy) is 5. The molecule has 4 heterocycles. The van der Waals surface area contributed by atoms with Crippen LogP contribution in [0.5, 0.6) is 29.1 Å². The summed E-state index contributed by atoms with van der Waals surface area (Å²) in [5.41, 5.74) is 13.1. The van der Waals surface area contributed by atoms with Crippen molar-refractivity contribution in [1.29, 1.82) is 0 Å². The van der Waals surface area contributed by atoms with E-state index in [1.807, 2.05) is 48.5 Å². The van der Waals surface area contributed by atoms with E-state index in [4.69, 9.17) is 75.1 Å². The third kappa shape index (κ3) is 21.5. The molecule has 0 amide bonds. The molecule has 0 spiro atoms. The minimum Gasteiger partial charge on any atom is -0.497 e. The van der Waals surface area contributed by atoms with E-state index in [0.29, 0.717) is 70.3 Å². The van der Waals surface area contributed by atoms with Gasteiger partial charge in [-0.3, -0.25) is 19.9 Å². The van der Waals surface area contributed by atoms with Crippen LogP contribution < -0.4 is 40.5 Å². The standard InChI is InChI=1S/C15H17N3O2.C8H11NO.C7H7ClN2O.C7H9N3O.C4H2Cl2N2.C3H6O/c1-19-12-4-2-11(3-5-12)8-17-14-9-16-10-15(18-14)20-13-6-7-13;1-10-8-4-2-7(6-9)3-5-8;2*8-6-3-9-4-7(10-6)11-5-1-2-5;5-3-1-7-2-4(6)8-3;4-3-1-2-3/h2-5,9-10,13H,6-8H2,1H3,(H,17,18);2-5H,6,9H2,1H3;3-5H,1-2H2;3-5H,1-2H2,(H2,8,10);1-2H;3-4H,1-2H2. The first kappa shape index (κ1) is 49.2. The summed E-state index contributed by atoms with van der Waals surface area (Å²) in [6, 6.07) is 15.6. The minimum absolute atomic E-state index is 0.0833. The number of halogens is 3. The van der Waals surface area contributed by atoms with Gasteiger partial charge in [0, 0.05) is 13.1 Å². The lowest BCUT2D eigenvalue weighted by Gasteiger charge is -2.08. The highest BCUT2D eigenvalue weighted by atomic mass is 35.5. The van der Waals surface area contributed by atoms with Gasteiger partial charge in [0.25, 0.3) is 0 Å². The van der Waals surface area contributed by atoms with Crippen molar-refractivity contribution in [2.24, 2.45) is 5.73 Å². The molecule has 0 saturated heterocycles. The molecule has 4 aliphatic carbocycles. The van der Waals surface area contributed by atoms with Gasteiger partial charge >= 0.3 is 0 Å². The molecule has 0 radical (unpaired) electrons. The topological polar surface area (TPSA) is 234 Å². The van der Waals surface area contributed by atoms with E-state index >= 15 is 0 Å². The van der Waals surface area contributed by atoms with Crippen LogP contribution in [0.2, 0.25) is 15.5 Å². The molecule has 10 rings (SSSR count). The number of benzene rings is 2. The summed E-state index contributed by atoms with van der Waals surface area (Å²) < 4.78 is 26.4. The van der Waals surface area contributed by atoms with E-state index in [9.17, 15) is 0 Å². The maximum absolute atomic E-state index is 8.17. The summed E-state index contributed by atoms with van der Waals surface area (Å²) in [6.45, 7) is 1.27. The lowest BCUT2D eigenvalue weighted by molar-refractivity contribution is 0.279. The van der Waals surface area contributed by atoms with Crippen LogP contribution in [0.25, 0.3) is 0 Å². The molecule has 4 saturated carbocycles. The predicted molar refractivity (Wildman–Crippen MR) is 245 cm³/mol. The van der Waals surface area contributed by atoms with Gasteiger partial charge in [-0.25, -0.2) is 4.98 Å². The number of hydrogen-bond donors (Lipinski definition) is 4. The smallest absolute Gasteiger partial charge is 0.234 e. The first-order valence-electron chi connectivity index (χ1n) is 20.4. The van der Waals surface area contributed by atoms with Crippen LogP contribution in [0.4, 0.5) is 11.6 Å². The molecule has 20 heteroatoms. The number of aliphatic hydroxyl groups excluding tert-OH is 1. The van der Waals surface area contributed by atoms with Crippen molar-refractivity contribution >= 4 is 46.4 Å². The number of nitrogens with two attached hydrogens (primary N) is 2. The van der Waals surface area contributed by atoms with Crippen molar-refractivity contribution < 1.29 is 28.8 Å². The number of nitrogens with one attached hydrogen (secondary N) is 1. The largest absolute Gasteiger partial charge is 0.497 e. The number of aromatic nitrogens is 8. The third-order valence-electron chi connectivity index (χ3n) is 8.41. The first-order chi connectivity index (χ1) is 31.1. The first-order valence-corrected chi connectivity index (χ1v) is 21.6. The highest BCUT2D eigenvalue weighted by molar-refractivity contribution is 6.32. The van der Waals surface area contributed by atoms with E-state index in [1.165, 1.54) is 24.8 Å². The molecule has 0 atom stereocenters. The quantitative estimate of drug-likeness (QED) is 0.0910. The average Bonchev–Trinajstić information content (AvgIpc) is 4.04. The number of aliphatic hydroxyl groups is 1.